The zero-order chi connectivity index (χ0) is 12.1. The number of pyridine rings is 1. The highest BCUT2D eigenvalue weighted by atomic mass is 16.3. The number of nitrogens with zero attached hydrogens (tertiary/aromatic N) is 1. The van der Waals surface area contributed by atoms with Crippen molar-refractivity contribution in [2.45, 2.75) is 18.5 Å². The van der Waals surface area contributed by atoms with Gasteiger partial charge in [-0.3, -0.25) is 9.78 Å². The van der Waals surface area contributed by atoms with E-state index in [2.05, 4.69) is 21.2 Å². The van der Waals surface area contributed by atoms with Crippen LogP contribution in [0.5, 0.6) is 0 Å². The van der Waals surface area contributed by atoms with E-state index in [1.165, 1.54) is 0 Å². The van der Waals surface area contributed by atoms with Crippen LogP contribution in [0.1, 0.15) is 18.0 Å². The van der Waals surface area contributed by atoms with Crippen LogP contribution in [0.2, 0.25) is 0 Å². The number of aliphatic hydroxyl groups excluding tert-OH is 1. The number of carbonyl (C=O) groups excluding carboxylic acids is 1. The largest absolute Gasteiger partial charge is 0.395 e. The highest BCUT2D eigenvalue weighted by Gasteiger charge is 2.29. The van der Waals surface area contributed by atoms with Crippen LogP contribution in [0.4, 0.5) is 0 Å². The van der Waals surface area contributed by atoms with Gasteiger partial charge in [0.15, 0.2) is 0 Å². The summed E-state index contributed by atoms with van der Waals surface area (Å²) in [6.45, 7) is 0.243. The van der Waals surface area contributed by atoms with Crippen molar-refractivity contribution in [3.05, 3.63) is 30.1 Å². The molecule has 1 aromatic rings. The average Bonchev–Trinajstić information content (AvgIpc) is 2.86. The smallest absolute Gasteiger partial charge is 0.238 e. The summed E-state index contributed by atoms with van der Waals surface area (Å²) in [7, 11) is 0. The molecule has 2 unspecified atom stereocenters. The quantitative estimate of drug-likeness (QED) is 0.544. The summed E-state index contributed by atoms with van der Waals surface area (Å²) >= 11 is 0. The first-order valence-electron chi connectivity index (χ1n) is 5.61. The minimum Gasteiger partial charge on any atom is -0.395 e. The fourth-order valence-electron chi connectivity index (χ4n) is 1.83. The van der Waals surface area contributed by atoms with Gasteiger partial charge < -0.3 is 10.4 Å². The molecule has 6 heteroatoms. The van der Waals surface area contributed by atoms with Crippen LogP contribution in [0.3, 0.4) is 0 Å². The molecule has 0 radical (unpaired) electrons. The second-order valence-corrected chi connectivity index (χ2v) is 3.93. The Hall–Kier alpha value is -1.50. The predicted octanol–water partition coefficient (Wildman–Crippen LogP) is -0.902. The van der Waals surface area contributed by atoms with Crippen molar-refractivity contribution in [2.24, 2.45) is 0 Å². The van der Waals surface area contributed by atoms with Crippen LogP contribution in [-0.2, 0) is 4.79 Å². The monoisotopic (exact) mass is 236 g/mol. The van der Waals surface area contributed by atoms with Crippen molar-refractivity contribution in [1.29, 1.82) is 0 Å². The molecule has 4 N–H and O–H groups in total. The summed E-state index contributed by atoms with van der Waals surface area (Å²) in [4.78, 5) is 15.7. The fourth-order valence-corrected chi connectivity index (χ4v) is 1.83. The Kier molecular flexibility index (Phi) is 4.03. The lowest BCUT2D eigenvalue weighted by Gasteiger charge is -2.09. The molecule has 0 saturated carbocycles. The van der Waals surface area contributed by atoms with Crippen molar-refractivity contribution in [3.8, 4) is 0 Å². The first-order chi connectivity index (χ1) is 8.31. The Balaban J connectivity index is 1.89. The summed E-state index contributed by atoms with van der Waals surface area (Å²) in [5.41, 5.74) is 7.06. The number of amides is 1. The Bertz CT molecular complexity index is 371. The molecule has 2 heterocycles. The summed E-state index contributed by atoms with van der Waals surface area (Å²) in [5, 5.41) is 11.3. The number of aliphatic hydroxyl groups is 1. The molecule has 17 heavy (non-hydrogen) atoms. The van der Waals surface area contributed by atoms with E-state index in [0.29, 0.717) is 6.42 Å². The van der Waals surface area contributed by atoms with Crippen LogP contribution in [0, 0.1) is 0 Å². The van der Waals surface area contributed by atoms with E-state index >= 15 is 0 Å². The molecule has 92 valence electrons. The van der Waals surface area contributed by atoms with Gasteiger partial charge in [0, 0.05) is 25.0 Å². The third-order valence-electron chi connectivity index (χ3n) is 2.72. The van der Waals surface area contributed by atoms with Gasteiger partial charge in [-0.1, -0.05) is 6.07 Å². The minimum absolute atomic E-state index is 0.0437. The molecule has 1 amide bonds. The standard InChI is InChI=1S/C11H16N4O2/c16-5-4-13-11(17)10-6-9(14-15-10)8-2-1-3-12-7-8/h1-3,7,9-10,14-16H,4-6H2,(H,13,17). The number of carbonyl (C=O) groups is 1. The molecule has 1 saturated heterocycles. The summed E-state index contributed by atoms with van der Waals surface area (Å²) in [5.74, 6) is -0.0991. The van der Waals surface area contributed by atoms with Gasteiger partial charge >= 0.3 is 0 Å². The molecule has 6 nitrogen and oxygen atoms in total. The molecule has 2 rings (SSSR count). The van der Waals surface area contributed by atoms with E-state index in [-0.39, 0.29) is 31.1 Å². The third kappa shape index (κ3) is 3.00. The van der Waals surface area contributed by atoms with Crippen molar-refractivity contribution >= 4 is 5.91 Å². The first-order valence-corrected chi connectivity index (χ1v) is 5.61. The van der Waals surface area contributed by atoms with Crippen LogP contribution < -0.4 is 16.2 Å². The Morgan fingerprint density at radius 2 is 2.47 bits per heavy atom. The Labute approximate surface area is 99.4 Å². The van der Waals surface area contributed by atoms with Crippen LogP contribution in [0.25, 0.3) is 0 Å². The maximum atomic E-state index is 11.6. The van der Waals surface area contributed by atoms with Gasteiger partial charge in [0.1, 0.15) is 6.04 Å². The SMILES string of the molecule is O=C(NCCO)C1CC(c2cccnc2)NN1. The number of hydrazine groups is 1. The third-order valence-corrected chi connectivity index (χ3v) is 2.72. The molecule has 0 aromatic carbocycles. The van der Waals surface area contributed by atoms with Gasteiger partial charge in [0.05, 0.1) is 6.61 Å². The molecule has 1 aliphatic rings. The lowest BCUT2D eigenvalue weighted by atomic mass is 10.0. The summed E-state index contributed by atoms with van der Waals surface area (Å²) < 4.78 is 0. The van der Waals surface area contributed by atoms with Gasteiger partial charge in [-0.2, -0.15) is 0 Å². The van der Waals surface area contributed by atoms with Crippen molar-refractivity contribution < 1.29 is 9.90 Å². The summed E-state index contributed by atoms with van der Waals surface area (Å²) in [6.07, 6.45) is 4.17. The number of hydrogen-bond donors (Lipinski definition) is 4. The molecular weight excluding hydrogens is 220 g/mol. The summed E-state index contributed by atoms with van der Waals surface area (Å²) in [6, 6.07) is 3.66. The van der Waals surface area contributed by atoms with Gasteiger partial charge in [0.25, 0.3) is 0 Å². The molecule has 2 atom stereocenters. The normalized spacial score (nSPS) is 23.6. The topological polar surface area (TPSA) is 86.3 Å². The van der Waals surface area contributed by atoms with Crippen molar-refractivity contribution in [3.63, 3.8) is 0 Å². The molecule has 0 spiro atoms. The van der Waals surface area contributed by atoms with E-state index in [0.717, 1.165) is 5.56 Å². The van der Waals surface area contributed by atoms with Crippen LogP contribution >= 0.6 is 0 Å². The maximum Gasteiger partial charge on any atom is 0.238 e. The molecule has 1 fully saturated rings. The molecule has 1 aromatic heterocycles. The average molecular weight is 236 g/mol. The van der Waals surface area contributed by atoms with E-state index in [9.17, 15) is 4.79 Å². The fraction of sp³-hybridized carbons (Fsp3) is 0.455. The molecule has 1 aliphatic heterocycles. The Morgan fingerprint density at radius 1 is 1.59 bits per heavy atom. The number of nitrogens with one attached hydrogen (secondary N) is 3. The van der Waals surface area contributed by atoms with E-state index in [1.54, 1.807) is 12.4 Å². The first kappa shape index (κ1) is 12.0. The molecular formula is C11H16N4O2. The lowest BCUT2D eigenvalue weighted by molar-refractivity contribution is -0.123. The number of hydrogen-bond acceptors (Lipinski definition) is 5. The second-order valence-electron chi connectivity index (χ2n) is 3.93. The maximum absolute atomic E-state index is 11.6. The zero-order valence-corrected chi connectivity index (χ0v) is 9.39. The highest BCUT2D eigenvalue weighted by molar-refractivity contribution is 5.82. The van der Waals surface area contributed by atoms with E-state index in [1.807, 2.05) is 12.1 Å². The van der Waals surface area contributed by atoms with Gasteiger partial charge in [-0.25, -0.2) is 10.9 Å². The van der Waals surface area contributed by atoms with Gasteiger partial charge in [0.2, 0.25) is 5.91 Å². The number of rotatable bonds is 4. The lowest BCUT2D eigenvalue weighted by Crippen LogP contribution is -2.43. The minimum atomic E-state index is -0.272. The van der Waals surface area contributed by atoms with Crippen LogP contribution in [-0.4, -0.2) is 35.2 Å². The Morgan fingerprint density at radius 3 is 3.18 bits per heavy atom. The molecule has 0 bridgehead atoms. The number of aromatic nitrogens is 1. The molecule has 0 aliphatic carbocycles. The van der Waals surface area contributed by atoms with Gasteiger partial charge in [-0.05, 0) is 18.1 Å². The van der Waals surface area contributed by atoms with Gasteiger partial charge in [-0.15, -0.1) is 0 Å². The highest BCUT2D eigenvalue weighted by Crippen LogP contribution is 2.20. The van der Waals surface area contributed by atoms with Crippen LogP contribution in [0.15, 0.2) is 24.5 Å². The zero-order valence-electron chi connectivity index (χ0n) is 9.39. The second kappa shape index (κ2) is 5.72. The van der Waals surface area contributed by atoms with E-state index in [4.69, 9.17) is 5.11 Å². The van der Waals surface area contributed by atoms with Crippen molar-refractivity contribution in [1.82, 2.24) is 21.2 Å². The van der Waals surface area contributed by atoms with Crippen molar-refractivity contribution in [2.75, 3.05) is 13.2 Å². The predicted molar refractivity (Wildman–Crippen MR) is 61.7 cm³/mol. The van der Waals surface area contributed by atoms with E-state index < -0.39 is 0 Å².